The zero-order valence-corrected chi connectivity index (χ0v) is 10.3. The van der Waals surface area contributed by atoms with Crippen LogP contribution in [0.4, 0.5) is 0 Å². The van der Waals surface area contributed by atoms with Crippen molar-refractivity contribution < 1.29 is 4.74 Å². The van der Waals surface area contributed by atoms with E-state index in [9.17, 15) is 0 Å². The molecule has 0 aliphatic rings. The second-order valence-corrected chi connectivity index (χ2v) is 4.10. The summed E-state index contributed by atoms with van der Waals surface area (Å²) in [6.45, 7) is 6.07. The van der Waals surface area contributed by atoms with E-state index >= 15 is 0 Å². The molecule has 1 unspecified atom stereocenters. The van der Waals surface area contributed by atoms with Crippen molar-refractivity contribution in [2.45, 2.75) is 58.6 Å². The average molecular weight is 226 g/mol. The molecule has 0 aliphatic heterocycles. The van der Waals surface area contributed by atoms with Crippen LogP contribution in [0, 0.1) is 0 Å². The van der Waals surface area contributed by atoms with Crippen LogP contribution in [-0.4, -0.2) is 32.9 Å². The van der Waals surface area contributed by atoms with Gasteiger partial charge in [0.25, 0.3) is 0 Å². The molecule has 92 valence electrons. The van der Waals surface area contributed by atoms with E-state index in [4.69, 9.17) is 4.74 Å². The van der Waals surface area contributed by atoms with Gasteiger partial charge in [-0.3, -0.25) is 0 Å². The number of nitrogens with zero attached hydrogens (tertiary/aromatic N) is 4. The van der Waals surface area contributed by atoms with Crippen molar-refractivity contribution in [3.05, 3.63) is 6.33 Å². The van der Waals surface area contributed by atoms with Gasteiger partial charge in [-0.1, -0.05) is 19.8 Å². The van der Waals surface area contributed by atoms with E-state index in [1.807, 2.05) is 0 Å². The van der Waals surface area contributed by atoms with E-state index in [-0.39, 0.29) is 0 Å². The van der Waals surface area contributed by atoms with Crippen molar-refractivity contribution >= 4 is 0 Å². The van der Waals surface area contributed by atoms with Gasteiger partial charge < -0.3 is 4.74 Å². The number of ether oxygens (including phenoxy) is 1. The molecule has 16 heavy (non-hydrogen) atoms. The minimum atomic E-state index is 0.396. The lowest BCUT2D eigenvalue weighted by molar-refractivity contribution is 0.0557. The van der Waals surface area contributed by atoms with Crippen LogP contribution in [0.2, 0.25) is 0 Å². The van der Waals surface area contributed by atoms with Gasteiger partial charge in [0, 0.05) is 13.2 Å². The van der Waals surface area contributed by atoms with Gasteiger partial charge in [0.05, 0.1) is 6.10 Å². The van der Waals surface area contributed by atoms with Gasteiger partial charge >= 0.3 is 0 Å². The number of tetrazole rings is 1. The first-order valence-corrected chi connectivity index (χ1v) is 6.15. The molecule has 0 aliphatic carbocycles. The number of aromatic nitrogens is 4. The Morgan fingerprint density at radius 3 is 2.88 bits per heavy atom. The van der Waals surface area contributed by atoms with Crippen molar-refractivity contribution in [1.29, 1.82) is 0 Å². The monoisotopic (exact) mass is 226 g/mol. The molecule has 0 spiro atoms. The standard InChI is InChI=1S/C11H22N4O/c1-3-4-7-11(2)16-9-6-5-8-15-10-12-13-14-15/h10-11H,3-9H2,1-2H3. The number of aryl methyl sites for hydroxylation is 1. The molecular formula is C11H22N4O. The van der Waals surface area contributed by atoms with Crippen molar-refractivity contribution in [2.75, 3.05) is 6.61 Å². The molecular weight excluding hydrogens is 204 g/mol. The number of unbranched alkanes of at least 4 members (excludes halogenated alkanes) is 2. The molecule has 1 heterocycles. The molecule has 1 rings (SSSR count). The van der Waals surface area contributed by atoms with E-state index in [1.54, 1.807) is 11.0 Å². The van der Waals surface area contributed by atoms with Gasteiger partial charge in [-0.05, 0) is 36.6 Å². The molecule has 0 radical (unpaired) electrons. The largest absolute Gasteiger partial charge is 0.379 e. The molecule has 0 amide bonds. The highest BCUT2D eigenvalue weighted by atomic mass is 16.5. The minimum Gasteiger partial charge on any atom is -0.379 e. The Labute approximate surface area is 97.2 Å². The summed E-state index contributed by atoms with van der Waals surface area (Å²) in [5.74, 6) is 0. The molecule has 5 nitrogen and oxygen atoms in total. The fraction of sp³-hybridized carbons (Fsp3) is 0.909. The highest BCUT2D eigenvalue weighted by Gasteiger charge is 2.00. The van der Waals surface area contributed by atoms with E-state index < -0.39 is 0 Å². The van der Waals surface area contributed by atoms with E-state index in [0.29, 0.717) is 6.10 Å². The van der Waals surface area contributed by atoms with Gasteiger partial charge in [-0.15, -0.1) is 5.10 Å². The van der Waals surface area contributed by atoms with Crippen molar-refractivity contribution in [2.24, 2.45) is 0 Å². The molecule has 0 saturated carbocycles. The van der Waals surface area contributed by atoms with E-state index in [0.717, 1.165) is 26.0 Å². The van der Waals surface area contributed by atoms with Crippen LogP contribution in [0.3, 0.4) is 0 Å². The molecule has 1 atom stereocenters. The lowest BCUT2D eigenvalue weighted by Gasteiger charge is -2.12. The quantitative estimate of drug-likeness (QED) is 0.605. The van der Waals surface area contributed by atoms with Crippen molar-refractivity contribution in [3.63, 3.8) is 0 Å². The van der Waals surface area contributed by atoms with Gasteiger partial charge in [-0.25, -0.2) is 4.68 Å². The molecule has 0 bridgehead atoms. The third-order valence-electron chi connectivity index (χ3n) is 2.54. The Kier molecular flexibility index (Phi) is 6.72. The fourth-order valence-corrected chi connectivity index (χ4v) is 1.52. The average Bonchev–Trinajstić information content (AvgIpc) is 2.79. The third kappa shape index (κ3) is 5.80. The van der Waals surface area contributed by atoms with Crippen LogP contribution in [0.1, 0.15) is 46.0 Å². The number of hydrogen-bond acceptors (Lipinski definition) is 4. The Hall–Kier alpha value is -0.970. The summed E-state index contributed by atoms with van der Waals surface area (Å²) in [5, 5.41) is 11.0. The maximum Gasteiger partial charge on any atom is 0.138 e. The lowest BCUT2D eigenvalue weighted by Crippen LogP contribution is -2.09. The first-order chi connectivity index (χ1) is 7.83. The molecule has 1 aromatic heterocycles. The second-order valence-electron chi connectivity index (χ2n) is 4.10. The van der Waals surface area contributed by atoms with Gasteiger partial charge in [0.15, 0.2) is 0 Å². The summed E-state index contributed by atoms with van der Waals surface area (Å²) in [6.07, 6.45) is 7.84. The second kappa shape index (κ2) is 8.21. The molecule has 0 N–H and O–H groups in total. The predicted octanol–water partition coefficient (Wildman–Crippen LogP) is 2.05. The first kappa shape index (κ1) is 13.1. The van der Waals surface area contributed by atoms with Gasteiger partial charge in [-0.2, -0.15) is 0 Å². The molecule has 0 aromatic carbocycles. The third-order valence-corrected chi connectivity index (χ3v) is 2.54. The summed E-state index contributed by atoms with van der Waals surface area (Å²) in [4.78, 5) is 0. The maximum absolute atomic E-state index is 5.70. The lowest BCUT2D eigenvalue weighted by atomic mass is 10.2. The Morgan fingerprint density at radius 2 is 2.19 bits per heavy atom. The van der Waals surface area contributed by atoms with E-state index in [2.05, 4.69) is 29.4 Å². The fourth-order valence-electron chi connectivity index (χ4n) is 1.52. The maximum atomic E-state index is 5.70. The number of hydrogen-bond donors (Lipinski definition) is 0. The molecule has 5 heteroatoms. The molecule has 0 fully saturated rings. The summed E-state index contributed by atoms with van der Waals surface area (Å²) in [7, 11) is 0. The first-order valence-electron chi connectivity index (χ1n) is 6.15. The Morgan fingerprint density at radius 1 is 1.31 bits per heavy atom. The van der Waals surface area contributed by atoms with Crippen LogP contribution < -0.4 is 0 Å². The summed E-state index contributed by atoms with van der Waals surface area (Å²) in [5.41, 5.74) is 0. The number of rotatable bonds is 9. The highest BCUT2D eigenvalue weighted by molar-refractivity contribution is 4.51. The van der Waals surface area contributed by atoms with Crippen LogP contribution in [0.5, 0.6) is 0 Å². The normalized spacial score (nSPS) is 12.9. The van der Waals surface area contributed by atoms with Gasteiger partial charge in [0.1, 0.15) is 6.33 Å². The van der Waals surface area contributed by atoms with Crippen LogP contribution in [0.25, 0.3) is 0 Å². The predicted molar refractivity (Wildman–Crippen MR) is 62.0 cm³/mol. The zero-order valence-electron chi connectivity index (χ0n) is 10.3. The Balaban J connectivity index is 1.91. The summed E-state index contributed by atoms with van der Waals surface area (Å²) in [6, 6.07) is 0. The minimum absolute atomic E-state index is 0.396. The van der Waals surface area contributed by atoms with E-state index in [1.165, 1.54) is 19.3 Å². The zero-order chi connectivity index (χ0) is 11.6. The summed E-state index contributed by atoms with van der Waals surface area (Å²) >= 11 is 0. The highest BCUT2D eigenvalue weighted by Crippen LogP contribution is 2.05. The van der Waals surface area contributed by atoms with Gasteiger partial charge in [0.2, 0.25) is 0 Å². The van der Waals surface area contributed by atoms with Crippen molar-refractivity contribution in [3.8, 4) is 0 Å². The SMILES string of the molecule is CCCCC(C)OCCCCn1cnnn1. The van der Waals surface area contributed by atoms with Crippen molar-refractivity contribution in [1.82, 2.24) is 20.2 Å². The smallest absolute Gasteiger partial charge is 0.138 e. The van der Waals surface area contributed by atoms with Crippen LogP contribution in [-0.2, 0) is 11.3 Å². The summed E-state index contributed by atoms with van der Waals surface area (Å²) < 4.78 is 7.45. The van der Waals surface area contributed by atoms with Crippen LogP contribution in [0.15, 0.2) is 6.33 Å². The molecule has 0 saturated heterocycles. The van der Waals surface area contributed by atoms with Crippen LogP contribution >= 0.6 is 0 Å². The Bertz CT molecular complexity index is 250. The topological polar surface area (TPSA) is 52.8 Å². The molecule has 1 aromatic rings.